The van der Waals surface area contributed by atoms with Crippen molar-refractivity contribution in [3.63, 3.8) is 0 Å². The summed E-state index contributed by atoms with van der Waals surface area (Å²) in [5.41, 5.74) is 0.492. The van der Waals surface area contributed by atoms with Crippen molar-refractivity contribution in [2.24, 2.45) is 23.2 Å². The van der Waals surface area contributed by atoms with E-state index < -0.39 is 0 Å². The van der Waals surface area contributed by atoms with Crippen molar-refractivity contribution in [3.8, 4) is 0 Å². The fourth-order valence-corrected chi connectivity index (χ4v) is 6.05. The van der Waals surface area contributed by atoms with Gasteiger partial charge in [0.05, 0.1) is 0 Å². The van der Waals surface area contributed by atoms with Gasteiger partial charge in [0.25, 0.3) is 0 Å². The molecule has 1 spiro atoms. The highest BCUT2D eigenvalue weighted by molar-refractivity contribution is 5.79. The van der Waals surface area contributed by atoms with Gasteiger partial charge in [-0.3, -0.25) is 9.69 Å². The molecule has 1 unspecified atom stereocenters. The summed E-state index contributed by atoms with van der Waals surface area (Å²) >= 11 is 0. The smallest absolute Gasteiger partial charge is 0.225 e. The minimum absolute atomic E-state index is 0.156. The molecule has 3 heterocycles. The average Bonchev–Trinajstić information content (AvgIpc) is 3.02. The van der Waals surface area contributed by atoms with Gasteiger partial charge in [0.2, 0.25) is 5.91 Å². The third-order valence-electron chi connectivity index (χ3n) is 7.93. The lowest BCUT2D eigenvalue weighted by molar-refractivity contribution is -0.161. The monoisotopic (exact) mass is 361 g/mol. The van der Waals surface area contributed by atoms with Gasteiger partial charge in [-0.15, -0.1) is 0 Å². The molecule has 4 rings (SSSR count). The van der Waals surface area contributed by atoms with Crippen LogP contribution in [0.1, 0.15) is 59.8 Å². The summed E-state index contributed by atoms with van der Waals surface area (Å²) in [6, 6.07) is 1.64. The van der Waals surface area contributed by atoms with Crippen LogP contribution in [-0.2, 0) is 4.79 Å². The third kappa shape index (κ3) is 3.44. The van der Waals surface area contributed by atoms with Crippen LogP contribution in [0.3, 0.4) is 0 Å². The number of amides is 1. The highest BCUT2D eigenvalue weighted by Crippen LogP contribution is 2.51. The molecule has 1 atom stereocenters. The van der Waals surface area contributed by atoms with Gasteiger partial charge in [-0.25, -0.2) is 0 Å². The lowest BCUT2D eigenvalue weighted by Crippen LogP contribution is -2.68. The predicted octanol–water partition coefficient (Wildman–Crippen LogP) is 3.08. The summed E-state index contributed by atoms with van der Waals surface area (Å²) in [6.45, 7) is 16.1. The van der Waals surface area contributed by atoms with Crippen LogP contribution in [0, 0.1) is 23.2 Å². The molecule has 26 heavy (non-hydrogen) atoms. The maximum absolute atomic E-state index is 12.1. The zero-order valence-electron chi connectivity index (χ0n) is 17.4. The number of hydrogen-bond acceptors (Lipinski definition) is 3. The molecular formula is C22H39N3O. The number of piperidine rings is 1. The Hall–Kier alpha value is -0.610. The molecule has 3 saturated heterocycles. The van der Waals surface area contributed by atoms with Crippen LogP contribution in [0.25, 0.3) is 0 Å². The quantitative estimate of drug-likeness (QED) is 0.770. The molecule has 4 aliphatic rings. The number of nitrogens with zero attached hydrogens (tertiary/aromatic N) is 3. The Morgan fingerprint density at radius 1 is 0.885 bits per heavy atom. The van der Waals surface area contributed by atoms with Crippen LogP contribution in [0.2, 0.25) is 0 Å². The molecule has 0 aromatic heterocycles. The summed E-state index contributed by atoms with van der Waals surface area (Å²) in [4.78, 5) is 19.7. The largest absolute Gasteiger partial charge is 0.341 e. The van der Waals surface area contributed by atoms with Crippen LogP contribution in [-0.4, -0.2) is 72.0 Å². The number of carbonyl (C=O) groups is 1. The van der Waals surface area contributed by atoms with Crippen molar-refractivity contribution in [1.82, 2.24) is 14.7 Å². The second-order valence-corrected chi connectivity index (χ2v) is 10.5. The fourth-order valence-electron chi connectivity index (χ4n) is 6.05. The van der Waals surface area contributed by atoms with E-state index in [9.17, 15) is 4.79 Å². The zero-order valence-corrected chi connectivity index (χ0v) is 17.4. The first-order valence-corrected chi connectivity index (χ1v) is 11.1. The van der Waals surface area contributed by atoms with E-state index in [1.165, 1.54) is 58.3 Å². The van der Waals surface area contributed by atoms with E-state index in [0.29, 0.717) is 11.3 Å². The molecule has 1 amide bonds. The van der Waals surface area contributed by atoms with Crippen LogP contribution in [0.5, 0.6) is 0 Å². The Bertz CT molecular complexity index is 509. The molecule has 1 saturated carbocycles. The van der Waals surface area contributed by atoms with Crippen LogP contribution in [0.4, 0.5) is 0 Å². The van der Waals surface area contributed by atoms with Crippen LogP contribution < -0.4 is 0 Å². The van der Waals surface area contributed by atoms with Crippen molar-refractivity contribution in [2.45, 2.75) is 71.9 Å². The Balaban J connectivity index is 1.18. The molecule has 4 nitrogen and oxygen atoms in total. The maximum atomic E-state index is 12.1. The van der Waals surface area contributed by atoms with Gasteiger partial charge in [0.15, 0.2) is 0 Å². The van der Waals surface area contributed by atoms with Gasteiger partial charge in [0.1, 0.15) is 0 Å². The summed E-state index contributed by atoms with van der Waals surface area (Å²) < 4.78 is 0. The lowest BCUT2D eigenvalue weighted by atomic mass is 9.60. The average molecular weight is 362 g/mol. The van der Waals surface area contributed by atoms with Gasteiger partial charge in [-0.2, -0.15) is 0 Å². The number of rotatable bonds is 4. The van der Waals surface area contributed by atoms with Gasteiger partial charge in [0, 0.05) is 43.1 Å². The van der Waals surface area contributed by atoms with Crippen molar-refractivity contribution >= 4 is 5.91 Å². The fraction of sp³-hybridized carbons (Fsp3) is 0.955. The third-order valence-corrected chi connectivity index (χ3v) is 7.93. The standard InChI is InChI=1S/C22H39N3O/c1-16(2)18-5-8-24(13-18)19-6-9-23(10-7-19)20-11-22(12-20)14-25(15-22)21(26)17(3)4/h16-20H,5-15H2,1-4H3. The van der Waals surface area contributed by atoms with Crippen molar-refractivity contribution in [1.29, 1.82) is 0 Å². The highest BCUT2D eigenvalue weighted by atomic mass is 16.2. The molecule has 0 aromatic rings. The Morgan fingerprint density at radius 2 is 1.50 bits per heavy atom. The summed E-state index contributed by atoms with van der Waals surface area (Å²) in [7, 11) is 0. The van der Waals surface area contributed by atoms with E-state index in [1.807, 2.05) is 13.8 Å². The lowest BCUT2D eigenvalue weighted by Gasteiger charge is -2.62. The van der Waals surface area contributed by atoms with Crippen LogP contribution in [0.15, 0.2) is 0 Å². The summed E-state index contributed by atoms with van der Waals surface area (Å²) in [5.74, 6) is 2.28. The minimum atomic E-state index is 0.156. The van der Waals surface area contributed by atoms with E-state index >= 15 is 0 Å². The highest BCUT2D eigenvalue weighted by Gasteiger charge is 2.55. The molecule has 0 radical (unpaired) electrons. The van der Waals surface area contributed by atoms with Gasteiger partial charge < -0.3 is 9.80 Å². The van der Waals surface area contributed by atoms with E-state index in [2.05, 4.69) is 28.5 Å². The first-order valence-electron chi connectivity index (χ1n) is 11.1. The molecule has 0 N–H and O–H groups in total. The van der Waals surface area contributed by atoms with Gasteiger partial charge >= 0.3 is 0 Å². The molecule has 4 fully saturated rings. The minimum Gasteiger partial charge on any atom is -0.341 e. The SMILES string of the molecule is CC(C)C(=O)N1CC2(CC(N3CCC(N4CCC(C(C)C)C4)CC3)C2)C1. The summed E-state index contributed by atoms with van der Waals surface area (Å²) in [5, 5.41) is 0. The Kier molecular flexibility index (Phi) is 5.11. The van der Waals surface area contributed by atoms with Crippen molar-refractivity contribution < 1.29 is 4.79 Å². The molecule has 4 heteroatoms. The molecule has 1 aliphatic carbocycles. The Morgan fingerprint density at radius 3 is 2.04 bits per heavy atom. The molecule has 148 valence electrons. The summed E-state index contributed by atoms with van der Waals surface area (Å²) in [6.07, 6.45) is 6.81. The maximum Gasteiger partial charge on any atom is 0.225 e. The van der Waals surface area contributed by atoms with E-state index in [4.69, 9.17) is 0 Å². The molecule has 0 bridgehead atoms. The second kappa shape index (κ2) is 7.09. The predicted molar refractivity (Wildman–Crippen MR) is 106 cm³/mol. The Labute approximate surface area is 160 Å². The zero-order chi connectivity index (χ0) is 18.5. The second-order valence-electron chi connectivity index (χ2n) is 10.5. The molecule has 0 aromatic carbocycles. The first-order chi connectivity index (χ1) is 12.4. The van der Waals surface area contributed by atoms with E-state index in [-0.39, 0.29) is 5.92 Å². The van der Waals surface area contributed by atoms with E-state index in [0.717, 1.165) is 37.0 Å². The van der Waals surface area contributed by atoms with Crippen LogP contribution >= 0.6 is 0 Å². The first kappa shape index (κ1) is 18.7. The number of hydrogen-bond donors (Lipinski definition) is 0. The van der Waals surface area contributed by atoms with Crippen molar-refractivity contribution in [2.75, 3.05) is 39.3 Å². The molecular weight excluding hydrogens is 322 g/mol. The van der Waals surface area contributed by atoms with Gasteiger partial charge in [-0.05, 0) is 63.6 Å². The number of carbonyl (C=O) groups excluding carboxylic acids is 1. The van der Waals surface area contributed by atoms with E-state index in [1.54, 1.807) is 0 Å². The topological polar surface area (TPSA) is 26.8 Å². The molecule has 3 aliphatic heterocycles. The normalized spacial score (nSPS) is 31.0. The number of likely N-dealkylation sites (tertiary alicyclic amines) is 3. The van der Waals surface area contributed by atoms with Gasteiger partial charge in [-0.1, -0.05) is 27.7 Å². The van der Waals surface area contributed by atoms with Crippen molar-refractivity contribution in [3.05, 3.63) is 0 Å².